The number of aromatic nitrogens is 2. The van der Waals surface area contributed by atoms with E-state index in [9.17, 15) is 9.59 Å². The Bertz CT molecular complexity index is 622. The topological polar surface area (TPSA) is 67.2 Å². The summed E-state index contributed by atoms with van der Waals surface area (Å²) in [6.07, 6.45) is 8.83. The lowest BCUT2D eigenvalue weighted by Crippen LogP contribution is -2.60. The van der Waals surface area contributed by atoms with Gasteiger partial charge in [-0.25, -0.2) is 4.98 Å². The van der Waals surface area contributed by atoms with Gasteiger partial charge < -0.3 is 14.8 Å². The van der Waals surface area contributed by atoms with Crippen LogP contribution in [-0.2, 0) is 16.0 Å². The van der Waals surface area contributed by atoms with E-state index >= 15 is 0 Å². The number of rotatable bonds is 5. The first-order chi connectivity index (χ1) is 11.5. The van der Waals surface area contributed by atoms with Crippen LogP contribution in [0.25, 0.3) is 0 Å². The van der Waals surface area contributed by atoms with Gasteiger partial charge in [0.1, 0.15) is 11.4 Å². The zero-order chi connectivity index (χ0) is 17.3. The number of hydrogen-bond acceptors (Lipinski definition) is 3. The summed E-state index contributed by atoms with van der Waals surface area (Å²) in [5, 5.41) is 2.94. The second-order valence-electron chi connectivity index (χ2n) is 7.31. The molecule has 132 valence electrons. The molecule has 24 heavy (non-hydrogen) atoms. The van der Waals surface area contributed by atoms with E-state index in [-0.39, 0.29) is 23.8 Å². The highest BCUT2D eigenvalue weighted by molar-refractivity contribution is 5.91. The van der Waals surface area contributed by atoms with Crippen LogP contribution in [0, 0.1) is 5.92 Å². The molecule has 0 aromatic carbocycles. The van der Waals surface area contributed by atoms with E-state index in [0.717, 1.165) is 44.5 Å². The maximum atomic E-state index is 13.2. The summed E-state index contributed by atoms with van der Waals surface area (Å²) in [4.78, 5) is 31.2. The lowest BCUT2D eigenvalue weighted by atomic mass is 9.92. The Hall–Kier alpha value is -1.85. The fourth-order valence-corrected chi connectivity index (χ4v) is 4.00. The van der Waals surface area contributed by atoms with Crippen molar-refractivity contribution in [1.82, 2.24) is 19.8 Å². The predicted octanol–water partition coefficient (Wildman–Crippen LogP) is 1.91. The highest BCUT2D eigenvalue weighted by Gasteiger charge is 2.50. The normalized spacial score (nSPS) is 23.6. The molecule has 1 aromatic heterocycles. The van der Waals surface area contributed by atoms with Gasteiger partial charge in [0.05, 0.1) is 6.04 Å². The molecule has 2 amide bonds. The average Bonchev–Trinajstić information content (AvgIpc) is 3.32. The van der Waals surface area contributed by atoms with Crippen LogP contribution in [0.2, 0.25) is 0 Å². The fraction of sp³-hybridized carbons (Fsp3) is 0.722. The van der Waals surface area contributed by atoms with Crippen LogP contribution in [0.15, 0.2) is 12.4 Å². The summed E-state index contributed by atoms with van der Waals surface area (Å²) in [6, 6.07) is 0.279. The Balaban J connectivity index is 1.76. The molecule has 1 N–H and O–H groups in total. The monoisotopic (exact) mass is 332 g/mol. The van der Waals surface area contributed by atoms with E-state index in [1.807, 2.05) is 24.2 Å². The van der Waals surface area contributed by atoms with Crippen LogP contribution in [0.3, 0.4) is 0 Å². The van der Waals surface area contributed by atoms with Crippen LogP contribution in [0.5, 0.6) is 0 Å². The van der Waals surface area contributed by atoms with E-state index < -0.39 is 5.54 Å². The van der Waals surface area contributed by atoms with E-state index in [1.54, 1.807) is 0 Å². The van der Waals surface area contributed by atoms with Crippen molar-refractivity contribution in [2.75, 3.05) is 13.1 Å². The van der Waals surface area contributed by atoms with E-state index in [2.05, 4.69) is 21.8 Å². The molecule has 0 spiro atoms. The number of imidazole rings is 1. The molecule has 0 unspecified atom stereocenters. The molecule has 0 radical (unpaired) electrons. The Morgan fingerprint density at radius 1 is 1.38 bits per heavy atom. The van der Waals surface area contributed by atoms with Crippen molar-refractivity contribution in [2.45, 2.75) is 64.5 Å². The van der Waals surface area contributed by atoms with Crippen molar-refractivity contribution in [3.8, 4) is 0 Å². The highest BCUT2D eigenvalue weighted by atomic mass is 16.2. The number of aryl methyl sites for hydroxylation is 1. The van der Waals surface area contributed by atoms with Gasteiger partial charge >= 0.3 is 0 Å². The molecular weight excluding hydrogens is 304 g/mol. The number of carbonyl (C=O) groups excluding carboxylic acids is 2. The van der Waals surface area contributed by atoms with Crippen LogP contribution < -0.4 is 5.32 Å². The summed E-state index contributed by atoms with van der Waals surface area (Å²) in [7, 11) is 0. The smallest absolute Gasteiger partial charge is 0.248 e. The number of piperidine rings is 1. The van der Waals surface area contributed by atoms with Crippen molar-refractivity contribution >= 4 is 11.8 Å². The maximum absolute atomic E-state index is 13.2. The van der Waals surface area contributed by atoms with Gasteiger partial charge in [0, 0.05) is 38.8 Å². The summed E-state index contributed by atoms with van der Waals surface area (Å²) in [6.45, 7) is 6.96. The van der Waals surface area contributed by atoms with E-state index in [1.165, 1.54) is 6.92 Å². The van der Waals surface area contributed by atoms with E-state index in [0.29, 0.717) is 6.54 Å². The van der Waals surface area contributed by atoms with Gasteiger partial charge in [0.2, 0.25) is 11.8 Å². The molecule has 1 aliphatic carbocycles. The van der Waals surface area contributed by atoms with Gasteiger partial charge in [-0.05, 0) is 38.5 Å². The minimum Gasteiger partial charge on any atom is -0.342 e. The summed E-state index contributed by atoms with van der Waals surface area (Å²) >= 11 is 0. The van der Waals surface area contributed by atoms with Crippen molar-refractivity contribution in [3.05, 3.63) is 18.2 Å². The number of hydrogen-bond donors (Lipinski definition) is 1. The molecule has 2 fully saturated rings. The van der Waals surface area contributed by atoms with Gasteiger partial charge in [0.25, 0.3) is 0 Å². The number of nitrogens with one attached hydrogen (secondary N) is 1. The predicted molar refractivity (Wildman–Crippen MR) is 91.4 cm³/mol. The molecule has 6 nitrogen and oxygen atoms in total. The molecule has 6 heteroatoms. The summed E-state index contributed by atoms with van der Waals surface area (Å²) in [5.41, 5.74) is -0.754. The molecule has 2 aliphatic rings. The molecular formula is C18H28N4O2. The first kappa shape index (κ1) is 17.0. The molecule has 1 aromatic rings. The average molecular weight is 332 g/mol. The maximum Gasteiger partial charge on any atom is 0.248 e. The molecule has 1 aliphatic heterocycles. The lowest BCUT2D eigenvalue weighted by Gasteiger charge is -2.40. The molecule has 3 rings (SSSR count). The fourth-order valence-electron chi connectivity index (χ4n) is 4.00. The van der Waals surface area contributed by atoms with Crippen molar-refractivity contribution < 1.29 is 9.59 Å². The van der Waals surface area contributed by atoms with Gasteiger partial charge in [0.15, 0.2) is 0 Å². The lowest BCUT2D eigenvalue weighted by molar-refractivity contribution is -0.143. The standard InChI is InChI=1S/C18H28N4O2/c1-4-16-19-9-11-22(16)15-6-5-10-21(12-15)17(24)18(3,14-7-8-14)20-13(2)23/h9,11,14-15H,4-8,10,12H2,1-3H3,(H,20,23)/t15-,18+/m1/s1. The number of carbonyl (C=O) groups is 2. The number of amides is 2. The molecule has 2 atom stereocenters. The Morgan fingerprint density at radius 2 is 2.12 bits per heavy atom. The molecule has 2 heterocycles. The summed E-state index contributed by atoms with van der Waals surface area (Å²) in [5.74, 6) is 1.28. The van der Waals surface area contributed by atoms with Crippen LogP contribution >= 0.6 is 0 Å². The van der Waals surface area contributed by atoms with E-state index in [4.69, 9.17) is 0 Å². The Labute approximate surface area is 143 Å². The first-order valence-electron chi connectivity index (χ1n) is 9.05. The van der Waals surface area contributed by atoms with Crippen molar-refractivity contribution in [3.63, 3.8) is 0 Å². The van der Waals surface area contributed by atoms with Gasteiger partial charge in [-0.3, -0.25) is 9.59 Å². The number of nitrogens with zero attached hydrogens (tertiary/aromatic N) is 3. The Kier molecular flexibility index (Phi) is 4.65. The van der Waals surface area contributed by atoms with Crippen molar-refractivity contribution in [2.24, 2.45) is 5.92 Å². The third kappa shape index (κ3) is 3.19. The minimum absolute atomic E-state index is 0.0723. The SMILES string of the molecule is CCc1nccn1[C@@H]1CCCN(C(=O)[C@@](C)(NC(C)=O)C2CC2)C1. The molecule has 1 saturated carbocycles. The van der Waals surface area contributed by atoms with Gasteiger partial charge in [-0.2, -0.15) is 0 Å². The zero-order valence-electron chi connectivity index (χ0n) is 14.9. The second-order valence-corrected chi connectivity index (χ2v) is 7.31. The first-order valence-corrected chi connectivity index (χ1v) is 9.05. The van der Waals surface area contributed by atoms with Crippen LogP contribution in [0.4, 0.5) is 0 Å². The third-order valence-electron chi connectivity index (χ3n) is 5.42. The minimum atomic E-state index is -0.754. The van der Waals surface area contributed by atoms with Gasteiger partial charge in [-0.15, -0.1) is 0 Å². The molecule has 0 bridgehead atoms. The van der Waals surface area contributed by atoms with Gasteiger partial charge in [-0.1, -0.05) is 6.92 Å². The largest absolute Gasteiger partial charge is 0.342 e. The summed E-state index contributed by atoms with van der Waals surface area (Å²) < 4.78 is 2.21. The highest BCUT2D eigenvalue weighted by Crippen LogP contribution is 2.41. The second kappa shape index (κ2) is 6.57. The molecule has 1 saturated heterocycles. The van der Waals surface area contributed by atoms with Crippen LogP contribution in [-0.4, -0.2) is 44.9 Å². The third-order valence-corrected chi connectivity index (χ3v) is 5.42. The quantitative estimate of drug-likeness (QED) is 0.896. The van der Waals surface area contributed by atoms with Crippen molar-refractivity contribution in [1.29, 1.82) is 0 Å². The number of likely N-dealkylation sites (tertiary alicyclic amines) is 1. The Morgan fingerprint density at radius 3 is 2.75 bits per heavy atom. The van der Waals surface area contributed by atoms with Crippen LogP contribution in [0.1, 0.15) is 58.3 Å². The zero-order valence-corrected chi connectivity index (χ0v) is 14.9.